The van der Waals surface area contributed by atoms with Gasteiger partial charge in [-0.05, 0) is 40.1 Å². The topological polar surface area (TPSA) is 32.7 Å². The predicted molar refractivity (Wildman–Crippen MR) is 141 cm³/mol. The second kappa shape index (κ2) is 9.39. The summed E-state index contributed by atoms with van der Waals surface area (Å²) in [5.41, 5.74) is 1.78. The smallest absolute Gasteiger partial charge is 0.193 e. The van der Waals surface area contributed by atoms with Gasteiger partial charge in [0.2, 0.25) is 0 Å². The summed E-state index contributed by atoms with van der Waals surface area (Å²) in [6, 6.07) is 24.5. The third-order valence-electron chi connectivity index (χ3n) is 6.22. The lowest BCUT2D eigenvalue weighted by molar-refractivity contribution is 0.450. The maximum atomic E-state index is 11.1. The third kappa shape index (κ3) is 4.04. The van der Waals surface area contributed by atoms with Gasteiger partial charge in [-0.25, -0.2) is 4.67 Å². The van der Waals surface area contributed by atoms with Crippen molar-refractivity contribution in [1.82, 2.24) is 4.67 Å². The fraction of sp³-hybridized carbons (Fsp3) is 0.172. The molecule has 0 aliphatic heterocycles. The number of phenolic OH excluding ortho intramolecular Hbond substituents is 1. The molecule has 4 aromatic carbocycles. The minimum Gasteiger partial charge on any atom is -0.507 e. The first-order valence-corrected chi connectivity index (χ1v) is 12.7. The summed E-state index contributed by atoms with van der Waals surface area (Å²) in [5, 5.41) is 16.7. The first kappa shape index (κ1) is 21.7. The Morgan fingerprint density at radius 2 is 1.45 bits per heavy atom. The lowest BCUT2D eigenvalue weighted by Crippen LogP contribution is -2.20. The Morgan fingerprint density at radius 1 is 0.818 bits per heavy atom. The zero-order chi connectivity index (χ0) is 22.8. The van der Waals surface area contributed by atoms with Crippen LogP contribution < -0.4 is 4.52 Å². The number of aromatic hydroxyl groups is 1. The monoisotopic (exact) mass is 453 g/mol. The Kier molecular flexibility index (Phi) is 6.17. The van der Waals surface area contributed by atoms with Gasteiger partial charge in [0.15, 0.2) is 8.30 Å². The van der Waals surface area contributed by atoms with Gasteiger partial charge in [-0.15, -0.1) is 0 Å². The minimum atomic E-state index is -0.966. The maximum absolute atomic E-state index is 11.1. The van der Waals surface area contributed by atoms with E-state index in [4.69, 9.17) is 4.52 Å². The summed E-state index contributed by atoms with van der Waals surface area (Å²) in [7, 11) is -0.966. The van der Waals surface area contributed by atoms with Crippen molar-refractivity contribution in [3.63, 3.8) is 0 Å². The van der Waals surface area contributed by atoms with Crippen LogP contribution in [0, 0.1) is 0 Å². The summed E-state index contributed by atoms with van der Waals surface area (Å²) in [6.07, 6.45) is 7.43. The fourth-order valence-electron chi connectivity index (χ4n) is 4.56. The molecule has 5 rings (SSSR count). The second-order valence-electron chi connectivity index (χ2n) is 8.13. The molecule has 1 atom stereocenters. The van der Waals surface area contributed by atoms with Crippen molar-refractivity contribution < 1.29 is 9.63 Å². The molecule has 0 saturated heterocycles. The summed E-state index contributed by atoms with van der Waals surface area (Å²) < 4.78 is 9.31. The molecule has 4 aromatic rings. The van der Waals surface area contributed by atoms with Crippen molar-refractivity contribution in [3.8, 4) is 22.6 Å². The molecule has 1 aliphatic carbocycles. The Morgan fingerprint density at radius 3 is 2.09 bits per heavy atom. The van der Waals surface area contributed by atoms with Gasteiger partial charge in [-0.1, -0.05) is 92.7 Å². The molecule has 1 N–H and O–H groups in total. The van der Waals surface area contributed by atoms with E-state index in [9.17, 15) is 5.11 Å². The number of hydrogen-bond donors (Lipinski definition) is 1. The maximum Gasteiger partial charge on any atom is 0.193 e. The van der Waals surface area contributed by atoms with Crippen LogP contribution >= 0.6 is 8.30 Å². The van der Waals surface area contributed by atoms with E-state index in [1.54, 1.807) is 6.07 Å². The molecule has 33 heavy (non-hydrogen) atoms. The standard InChI is InChI=1S/C29H28NO2P/c1-3-30(4-2)33(23-13-7-8-14-23)32-27-20-18-22-12-6-10-16-25(22)29(27)28-24-15-9-5-11-21(24)17-19-26(28)31/h5-13,15-20,31H,3-4,14H2,1-2H3/t33-/m0/s1. The molecule has 0 fully saturated rings. The number of nitrogens with zero attached hydrogens (tertiary/aromatic N) is 1. The van der Waals surface area contributed by atoms with Crippen molar-refractivity contribution in [3.05, 3.63) is 96.3 Å². The first-order valence-electron chi connectivity index (χ1n) is 11.5. The first-order chi connectivity index (χ1) is 16.2. The highest BCUT2D eigenvalue weighted by atomic mass is 31.2. The van der Waals surface area contributed by atoms with Crippen LogP contribution in [0.25, 0.3) is 32.7 Å². The van der Waals surface area contributed by atoms with Gasteiger partial charge in [0.05, 0.1) is 0 Å². The van der Waals surface area contributed by atoms with Crippen LogP contribution in [0.3, 0.4) is 0 Å². The summed E-state index contributed by atoms with van der Waals surface area (Å²) >= 11 is 0. The van der Waals surface area contributed by atoms with Crippen molar-refractivity contribution in [2.75, 3.05) is 13.1 Å². The Labute approximate surface area is 196 Å². The van der Waals surface area contributed by atoms with E-state index in [1.165, 1.54) is 5.31 Å². The molecule has 1 aliphatic rings. The molecule has 0 unspecified atom stereocenters. The number of fused-ring (bicyclic) bond motifs is 2. The van der Waals surface area contributed by atoms with Crippen LogP contribution in [0.5, 0.6) is 11.5 Å². The number of rotatable bonds is 7. The number of phenols is 1. The number of allylic oxidation sites excluding steroid dienone is 4. The average Bonchev–Trinajstić information content (AvgIpc) is 3.39. The molecule has 0 aromatic heterocycles. The molecule has 166 valence electrons. The van der Waals surface area contributed by atoms with Gasteiger partial charge in [-0.2, -0.15) is 0 Å². The highest BCUT2D eigenvalue weighted by Crippen LogP contribution is 2.55. The quantitative estimate of drug-likeness (QED) is 0.286. The Balaban J connectivity index is 1.75. The largest absolute Gasteiger partial charge is 0.507 e. The molecule has 0 spiro atoms. The van der Waals surface area contributed by atoms with Crippen molar-refractivity contribution in [1.29, 1.82) is 0 Å². The van der Waals surface area contributed by atoms with E-state index >= 15 is 0 Å². The van der Waals surface area contributed by atoms with E-state index in [0.29, 0.717) is 0 Å². The normalized spacial score (nSPS) is 14.2. The van der Waals surface area contributed by atoms with Gasteiger partial charge in [0.25, 0.3) is 0 Å². The van der Waals surface area contributed by atoms with Gasteiger partial charge < -0.3 is 9.63 Å². The highest BCUT2D eigenvalue weighted by molar-refractivity contribution is 7.55. The van der Waals surface area contributed by atoms with E-state index in [2.05, 4.69) is 79.2 Å². The summed E-state index contributed by atoms with van der Waals surface area (Å²) in [4.78, 5) is 0. The van der Waals surface area contributed by atoms with Crippen LogP contribution in [-0.4, -0.2) is 22.9 Å². The Hall–Kier alpha value is -3.13. The highest BCUT2D eigenvalue weighted by Gasteiger charge is 2.27. The van der Waals surface area contributed by atoms with Crippen LogP contribution in [0.1, 0.15) is 20.3 Å². The summed E-state index contributed by atoms with van der Waals surface area (Å²) in [6.45, 7) is 6.20. The van der Waals surface area contributed by atoms with E-state index in [0.717, 1.165) is 57.9 Å². The van der Waals surface area contributed by atoms with Crippen molar-refractivity contribution in [2.24, 2.45) is 0 Å². The molecule has 0 radical (unpaired) electrons. The van der Waals surface area contributed by atoms with Crippen molar-refractivity contribution >= 4 is 29.8 Å². The zero-order valence-corrected chi connectivity index (χ0v) is 19.9. The lowest BCUT2D eigenvalue weighted by atomic mass is 9.92. The summed E-state index contributed by atoms with van der Waals surface area (Å²) in [5.74, 6) is 1.08. The van der Waals surface area contributed by atoms with Crippen LogP contribution in [0.4, 0.5) is 0 Å². The van der Waals surface area contributed by atoms with Crippen molar-refractivity contribution in [2.45, 2.75) is 20.3 Å². The molecule has 0 saturated carbocycles. The van der Waals surface area contributed by atoms with E-state index in [1.807, 2.05) is 24.3 Å². The SMILES string of the molecule is CCN(CC)[P@@](Oc1ccc2ccccc2c1-c1c(O)ccc2ccccc12)C1=CC=CC1. The molecule has 0 amide bonds. The van der Waals surface area contributed by atoms with Gasteiger partial charge in [-0.3, -0.25) is 0 Å². The van der Waals surface area contributed by atoms with Crippen LogP contribution in [-0.2, 0) is 0 Å². The van der Waals surface area contributed by atoms with Crippen LogP contribution in [0.2, 0.25) is 0 Å². The molecule has 0 heterocycles. The van der Waals surface area contributed by atoms with E-state index in [-0.39, 0.29) is 5.75 Å². The molecular weight excluding hydrogens is 425 g/mol. The van der Waals surface area contributed by atoms with Gasteiger partial charge in [0, 0.05) is 29.5 Å². The number of hydrogen-bond acceptors (Lipinski definition) is 3. The second-order valence-corrected chi connectivity index (χ2v) is 10.0. The number of benzene rings is 4. The lowest BCUT2D eigenvalue weighted by Gasteiger charge is -2.31. The molecular formula is C29H28NO2P. The third-order valence-corrected chi connectivity index (χ3v) is 8.49. The van der Waals surface area contributed by atoms with E-state index < -0.39 is 8.30 Å². The van der Waals surface area contributed by atoms with Crippen LogP contribution in [0.15, 0.2) is 96.3 Å². The fourth-order valence-corrected chi connectivity index (χ4v) is 6.48. The molecule has 3 nitrogen and oxygen atoms in total. The van der Waals surface area contributed by atoms with Gasteiger partial charge >= 0.3 is 0 Å². The minimum absolute atomic E-state index is 0.267. The molecule has 4 heteroatoms. The zero-order valence-electron chi connectivity index (χ0n) is 19.0. The predicted octanol–water partition coefficient (Wildman–Crippen LogP) is 8.24. The average molecular weight is 454 g/mol. The van der Waals surface area contributed by atoms with Gasteiger partial charge in [0.1, 0.15) is 11.5 Å². The molecule has 0 bridgehead atoms. The Bertz CT molecular complexity index is 1370.